The normalized spacial score (nSPS) is 33.8. The van der Waals surface area contributed by atoms with Crippen molar-refractivity contribution in [3.05, 3.63) is 0 Å². The molecule has 2 saturated heterocycles. The lowest BCUT2D eigenvalue weighted by Crippen LogP contribution is -2.46. The van der Waals surface area contributed by atoms with Crippen LogP contribution in [0.4, 0.5) is 0 Å². The van der Waals surface area contributed by atoms with Gasteiger partial charge < -0.3 is 10.1 Å². The van der Waals surface area contributed by atoms with Crippen molar-refractivity contribution in [1.82, 2.24) is 5.32 Å². The third-order valence-corrected chi connectivity index (χ3v) is 4.60. The van der Waals surface area contributed by atoms with Gasteiger partial charge in [-0.1, -0.05) is 20.8 Å². The molecule has 16 heavy (non-hydrogen) atoms. The number of nitrogens with one attached hydrogen (secondary N) is 1. The van der Waals surface area contributed by atoms with E-state index < -0.39 is 0 Å². The van der Waals surface area contributed by atoms with Gasteiger partial charge in [0.2, 0.25) is 0 Å². The Morgan fingerprint density at radius 3 is 2.50 bits per heavy atom. The van der Waals surface area contributed by atoms with Gasteiger partial charge in [-0.3, -0.25) is 0 Å². The van der Waals surface area contributed by atoms with Gasteiger partial charge in [0.25, 0.3) is 0 Å². The van der Waals surface area contributed by atoms with Gasteiger partial charge >= 0.3 is 0 Å². The van der Waals surface area contributed by atoms with E-state index in [9.17, 15) is 0 Å². The summed E-state index contributed by atoms with van der Waals surface area (Å²) in [6.07, 6.45) is 4.38. The van der Waals surface area contributed by atoms with Gasteiger partial charge in [-0.2, -0.15) is 0 Å². The minimum Gasteiger partial charge on any atom is -0.378 e. The fraction of sp³-hybridized carbons (Fsp3) is 1.00. The van der Waals surface area contributed by atoms with Crippen LogP contribution in [0.25, 0.3) is 0 Å². The predicted octanol–water partition coefficient (Wildman–Crippen LogP) is 2.68. The van der Waals surface area contributed by atoms with E-state index in [1.54, 1.807) is 0 Å². The zero-order valence-corrected chi connectivity index (χ0v) is 11.0. The highest BCUT2D eigenvalue weighted by Gasteiger charge is 2.30. The second kappa shape index (κ2) is 5.50. The maximum absolute atomic E-state index is 5.93. The van der Waals surface area contributed by atoms with Crippen molar-refractivity contribution in [2.45, 2.75) is 46.1 Å². The Labute approximate surface area is 100 Å². The first kappa shape index (κ1) is 12.4. The van der Waals surface area contributed by atoms with Crippen LogP contribution >= 0.6 is 0 Å². The zero-order chi connectivity index (χ0) is 11.5. The first-order chi connectivity index (χ1) is 7.66. The number of ether oxygens (including phenoxy) is 1. The molecule has 2 nitrogen and oxygen atoms in total. The lowest BCUT2D eigenvalue weighted by molar-refractivity contribution is -0.0353. The maximum atomic E-state index is 5.93. The van der Waals surface area contributed by atoms with Crippen LogP contribution in [0.15, 0.2) is 0 Å². The summed E-state index contributed by atoms with van der Waals surface area (Å²) in [6, 6.07) is 0. The summed E-state index contributed by atoms with van der Waals surface area (Å²) in [4.78, 5) is 0. The van der Waals surface area contributed by atoms with Crippen LogP contribution in [0.1, 0.15) is 40.0 Å². The molecule has 2 heterocycles. The van der Waals surface area contributed by atoms with Crippen molar-refractivity contribution in [3.8, 4) is 0 Å². The molecule has 2 aliphatic rings. The van der Waals surface area contributed by atoms with E-state index in [2.05, 4.69) is 26.1 Å². The molecule has 0 spiro atoms. The fourth-order valence-corrected chi connectivity index (χ4v) is 3.00. The summed E-state index contributed by atoms with van der Waals surface area (Å²) in [5.41, 5.74) is 0. The fourth-order valence-electron chi connectivity index (χ4n) is 3.00. The smallest absolute Gasteiger partial charge is 0.0580 e. The molecule has 94 valence electrons. The van der Waals surface area contributed by atoms with Crippen LogP contribution in [0.2, 0.25) is 0 Å². The summed E-state index contributed by atoms with van der Waals surface area (Å²) in [5, 5.41) is 3.37. The molecule has 2 rings (SSSR count). The highest BCUT2D eigenvalue weighted by molar-refractivity contribution is 4.83. The van der Waals surface area contributed by atoms with Crippen LogP contribution in [-0.2, 0) is 4.74 Å². The second-order valence-corrected chi connectivity index (χ2v) is 6.15. The van der Waals surface area contributed by atoms with Crippen molar-refractivity contribution in [3.63, 3.8) is 0 Å². The zero-order valence-electron chi connectivity index (χ0n) is 11.0. The van der Waals surface area contributed by atoms with E-state index in [-0.39, 0.29) is 0 Å². The summed E-state index contributed by atoms with van der Waals surface area (Å²) >= 11 is 0. The third-order valence-electron chi connectivity index (χ3n) is 4.60. The van der Waals surface area contributed by atoms with Crippen LogP contribution in [0, 0.1) is 23.7 Å². The first-order valence-electron chi connectivity index (χ1n) is 6.99. The summed E-state index contributed by atoms with van der Waals surface area (Å²) < 4.78 is 5.93. The highest BCUT2D eigenvalue weighted by Crippen LogP contribution is 2.31. The summed E-state index contributed by atoms with van der Waals surface area (Å²) in [6.45, 7) is 10.5. The van der Waals surface area contributed by atoms with E-state index in [0.29, 0.717) is 6.10 Å². The Morgan fingerprint density at radius 1 is 1.19 bits per heavy atom. The van der Waals surface area contributed by atoms with Gasteiger partial charge in [-0.25, -0.2) is 0 Å². The molecule has 2 aliphatic heterocycles. The summed E-state index contributed by atoms with van der Waals surface area (Å²) in [7, 11) is 0. The molecular formula is C14H27NO. The van der Waals surface area contributed by atoms with Crippen molar-refractivity contribution >= 4 is 0 Å². The second-order valence-electron chi connectivity index (χ2n) is 6.15. The molecule has 0 bridgehead atoms. The maximum Gasteiger partial charge on any atom is 0.0580 e. The van der Waals surface area contributed by atoms with Crippen LogP contribution in [-0.4, -0.2) is 25.8 Å². The van der Waals surface area contributed by atoms with Crippen molar-refractivity contribution in [1.29, 1.82) is 0 Å². The van der Waals surface area contributed by atoms with Gasteiger partial charge in [-0.05, 0) is 56.0 Å². The Balaban J connectivity index is 1.75. The molecule has 0 aromatic carbocycles. The van der Waals surface area contributed by atoms with Gasteiger partial charge in [0.1, 0.15) is 0 Å². The standard InChI is InChI=1S/C14H27NO/c1-10(2)12-4-5-16-14(7-12)6-11(3)13-8-15-9-13/h10-15H,4-9H2,1-3H3. The monoisotopic (exact) mass is 225 g/mol. The SMILES string of the molecule is CC(C)C1CCOC(CC(C)C2CNC2)C1. The highest BCUT2D eigenvalue weighted by atomic mass is 16.5. The molecular weight excluding hydrogens is 198 g/mol. The molecule has 1 N–H and O–H groups in total. The first-order valence-corrected chi connectivity index (χ1v) is 6.99. The number of rotatable bonds is 4. The van der Waals surface area contributed by atoms with Crippen LogP contribution in [0.5, 0.6) is 0 Å². The molecule has 3 unspecified atom stereocenters. The third kappa shape index (κ3) is 2.98. The Morgan fingerprint density at radius 2 is 1.94 bits per heavy atom. The molecule has 0 amide bonds. The van der Waals surface area contributed by atoms with Crippen LogP contribution < -0.4 is 5.32 Å². The average Bonchev–Trinajstić information content (AvgIpc) is 2.15. The average molecular weight is 225 g/mol. The minimum absolute atomic E-state index is 0.539. The summed E-state index contributed by atoms with van der Waals surface area (Å²) in [5.74, 6) is 3.46. The van der Waals surface area contributed by atoms with Gasteiger partial charge in [0.15, 0.2) is 0 Å². The van der Waals surface area contributed by atoms with E-state index >= 15 is 0 Å². The largest absolute Gasteiger partial charge is 0.378 e. The van der Waals surface area contributed by atoms with Gasteiger partial charge in [-0.15, -0.1) is 0 Å². The lowest BCUT2D eigenvalue weighted by Gasteiger charge is -2.37. The Hall–Kier alpha value is -0.0800. The molecule has 0 aromatic heterocycles. The minimum atomic E-state index is 0.539. The predicted molar refractivity (Wildman–Crippen MR) is 67.4 cm³/mol. The van der Waals surface area contributed by atoms with Crippen molar-refractivity contribution < 1.29 is 4.74 Å². The topological polar surface area (TPSA) is 21.3 Å². The molecule has 0 aliphatic carbocycles. The lowest BCUT2D eigenvalue weighted by atomic mass is 9.80. The molecule has 3 atom stereocenters. The molecule has 0 saturated carbocycles. The van der Waals surface area contributed by atoms with Gasteiger partial charge in [0.05, 0.1) is 6.10 Å². The van der Waals surface area contributed by atoms with Gasteiger partial charge in [0, 0.05) is 6.61 Å². The van der Waals surface area contributed by atoms with Crippen molar-refractivity contribution in [2.75, 3.05) is 19.7 Å². The number of hydrogen-bond acceptors (Lipinski definition) is 2. The van der Waals surface area contributed by atoms with E-state index in [1.165, 1.54) is 32.4 Å². The van der Waals surface area contributed by atoms with E-state index in [0.717, 1.165) is 30.3 Å². The molecule has 2 fully saturated rings. The molecule has 0 radical (unpaired) electrons. The quantitative estimate of drug-likeness (QED) is 0.794. The Bertz CT molecular complexity index is 213. The number of hydrogen-bond donors (Lipinski definition) is 1. The van der Waals surface area contributed by atoms with Crippen molar-refractivity contribution in [2.24, 2.45) is 23.7 Å². The van der Waals surface area contributed by atoms with Crippen LogP contribution in [0.3, 0.4) is 0 Å². The Kier molecular flexibility index (Phi) is 4.26. The molecule has 0 aromatic rings. The van der Waals surface area contributed by atoms with E-state index in [4.69, 9.17) is 4.74 Å². The van der Waals surface area contributed by atoms with E-state index in [1.807, 2.05) is 0 Å². The molecule has 2 heteroatoms.